The fourth-order valence-electron chi connectivity index (χ4n) is 1.84. The second kappa shape index (κ2) is 4.87. The van der Waals surface area contributed by atoms with Gasteiger partial charge in [-0.05, 0) is 55.0 Å². The van der Waals surface area contributed by atoms with Gasteiger partial charge in [-0.15, -0.1) is 0 Å². The van der Waals surface area contributed by atoms with Crippen LogP contribution in [0, 0.1) is 6.92 Å². The Labute approximate surface area is 104 Å². The summed E-state index contributed by atoms with van der Waals surface area (Å²) in [5.41, 5.74) is 2.88. The predicted molar refractivity (Wildman–Crippen MR) is 73.8 cm³/mol. The lowest BCUT2D eigenvalue weighted by atomic mass is 9.87. The molecule has 0 amide bonds. The normalized spacial score (nSPS) is 14.2. The summed E-state index contributed by atoms with van der Waals surface area (Å²) >= 11 is 0. The van der Waals surface area contributed by atoms with Gasteiger partial charge in [0.1, 0.15) is 0 Å². The van der Waals surface area contributed by atoms with Gasteiger partial charge in [0.15, 0.2) is 5.67 Å². The topological polar surface area (TPSA) is 0 Å². The largest absolute Gasteiger partial charge is 0.234 e. The molecule has 0 spiro atoms. The number of hydrogen-bond acceptors (Lipinski definition) is 0. The van der Waals surface area contributed by atoms with Crippen LogP contribution in [0.15, 0.2) is 36.9 Å². The van der Waals surface area contributed by atoms with Gasteiger partial charge in [-0.3, -0.25) is 0 Å². The Morgan fingerprint density at radius 3 is 2.35 bits per heavy atom. The first kappa shape index (κ1) is 13.7. The SMILES string of the molecule is C=C(CC)c1ccc(C(C)(F)C(=C)C)c(C)c1. The van der Waals surface area contributed by atoms with E-state index in [9.17, 15) is 4.39 Å². The molecule has 0 aliphatic carbocycles. The van der Waals surface area contributed by atoms with Gasteiger partial charge in [-0.2, -0.15) is 0 Å². The minimum Gasteiger partial charge on any atom is -0.234 e. The molecule has 92 valence electrons. The van der Waals surface area contributed by atoms with Crippen molar-refractivity contribution in [1.82, 2.24) is 0 Å². The van der Waals surface area contributed by atoms with Crippen LogP contribution in [0.2, 0.25) is 0 Å². The molecule has 17 heavy (non-hydrogen) atoms. The van der Waals surface area contributed by atoms with E-state index in [0.717, 1.165) is 23.1 Å². The van der Waals surface area contributed by atoms with Crippen molar-refractivity contribution >= 4 is 5.57 Å². The summed E-state index contributed by atoms with van der Waals surface area (Å²) in [6, 6.07) is 5.79. The maximum Gasteiger partial charge on any atom is 0.154 e. The first-order chi connectivity index (χ1) is 7.80. The van der Waals surface area contributed by atoms with Gasteiger partial charge in [0.2, 0.25) is 0 Å². The molecule has 0 N–H and O–H groups in total. The number of benzene rings is 1. The number of halogens is 1. The molecule has 0 nitrogen and oxygen atoms in total. The van der Waals surface area contributed by atoms with Crippen LogP contribution in [0.3, 0.4) is 0 Å². The highest BCUT2D eigenvalue weighted by Gasteiger charge is 2.28. The number of aryl methyl sites for hydroxylation is 1. The molecule has 0 radical (unpaired) electrons. The smallest absolute Gasteiger partial charge is 0.154 e. The summed E-state index contributed by atoms with van der Waals surface area (Å²) in [5, 5.41) is 0. The lowest BCUT2D eigenvalue weighted by molar-refractivity contribution is 0.244. The Balaban J connectivity index is 3.23. The molecule has 1 unspecified atom stereocenters. The molecule has 1 atom stereocenters. The highest BCUT2D eigenvalue weighted by atomic mass is 19.1. The summed E-state index contributed by atoms with van der Waals surface area (Å²) in [5.74, 6) is 0. The second-order valence-electron chi connectivity index (χ2n) is 4.77. The van der Waals surface area contributed by atoms with E-state index in [0.29, 0.717) is 11.1 Å². The average Bonchev–Trinajstić information content (AvgIpc) is 2.27. The standard InChI is InChI=1S/C16H21F/c1-7-12(4)14-8-9-15(13(5)10-14)16(6,17)11(2)3/h8-10H,2,4,7H2,1,3,5-6H3. The summed E-state index contributed by atoms with van der Waals surface area (Å²) < 4.78 is 14.5. The van der Waals surface area contributed by atoms with Crippen LogP contribution in [0.25, 0.3) is 5.57 Å². The third-order valence-corrected chi connectivity index (χ3v) is 3.37. The minimum atomic E-state index is -1.46. The molecule has 0 saturated carbocycles. The van der Waals surface area contributed by atoms with E-state index in [4.69, 9.17) is 0 Å². The van der Waals surface area contributed by atoms with Gasteiger partial charge < -0.3 is 0 Å². The minimum absolute atomic E-state index is 0.530. The van der Waals surface area contributed by atoms with Crippen LogP contribution < -0.4 is 0 Å². The molecule has 1 rings (SSSR count). The van der Waals surface area contributed by atoms with E-state index >= 15 is 0 Å². The molecule has 0 heterocycles. The van der Waals surface area contributed by atoms with Crippen LogP contribution in [0.4, 0.5) is 4.39 Å². The molecule has 0 fully saturated rings. The van der Waals surface area contributed by atoms with Crippen molar-refractivity contribution in [2.75, 3.05) is 0 Å². The monoisotopic (exact) mass is 232 g/mol. The summed E-state index contributed by atoms with van der Waals surface area (Å²) in [6.45, 7) is 15.0. The van der Waals surface area contributed by atoms with Crippen molar-refractivity contribution in [1.29, 1.82) is 0 Å². The molecular formula is C16H21F. The third-order valence-electron chi connectivity index (χ3n) is 3.37. The van der Waals surface area contributed by atoms with Crippen molar-refractivity contribution in [3.05, 3.63) is 53.6 Å². The zero-order valence-corrected chi connectivity index (χ0v) is 11.2. The molecule has 1 aromatic rings. The van der Waals surface area contributed by atoms with Crippen LogP contribution in [-0.2, 0) is 5.67 Å². The molecule has 1 heteroatoms. The van der Waals surface area contributed by atoms with Crippen LogP contribution >= 0.6 is 0 Å². The van der Waals surface area contributed by atoms with E-state index in [1.54, 1.807) is 13.8 Å². The van der Waals surface area contributed by atoms with E-state index in [-0.39, 0.29) is 0 Å². The molecule has 0 aromatic heterocycles. The summed E-state index contributed by atoms with van der Waals surface area (Å²) in [6.07, 6.45) is 0.909. The lowest BCUT2D eigenvalue weighted by Gasteiger charge is -2.24. The Morgan fingerprint density at radius 2 is 1.94 bits per heavy atom. The van der Waals surface area contributed by atoms with Crippen molar-refractivity contribution in [2.45, 2.75) is 39.8 Å². The first-order valence-electron chi connectivity index (χ1n) is 5.94. The van der Waals surface area contributed by atoms with Gasteiger partial charge in [-0.1, -0.05) is 38.3 Å². The van der Waals surface area contributed by atoms with Crippen LogP contribution in [-0.4, -0.2) is 0 Å². The third kappa shape index (κ3) is 2.66. The van der Waals surface area contributed by atoms with Crippen molar-refractivity contribution in [2.24, 2.45) is 0 Å². The quantitative estimate of drug-likeness (QED) is 0.627. The maximum atomic E-state index is 14.5. The molecular weight excluding hydrogens is 211 g/mol. The van der Waals surface area contributed by atoms with E-state index in [1.165, 1.54) is 0 Å². The second-order valence-corrected chi connectivity index (χ2v) is 4.77. The van der Waals surface area contributed by atoms with Gasteiger partial charge >= 0.3 is 0 Å². The Morgan fingerprint density at radius 1 is 1.35 bits per heavy atom. The number of rotatable bonds is 4. The molecule has 0 saturated heterocycles. The molecule has 0 aliphatic heterocycles. The number of hydrogen-bond donors (Lipinski definition) is 0. The highest BCUT2D eigenvalue weighted by Crippen LogP contribution is 2.35. The van der Waals surface area contributed by atoms with Crippen molar-refractivity contribution in [3.63, 3.8) is 0 Å². The van der Waals surface area contributed by atoms with Gasteiger partial charge in [0.25, 0.3) is 0 Å². The van der Waals surface area contributed by atoms with Gasteiger partial charge in [-0.25, -0.2) is 4.39 Å². The highest BCUT2D eigenvalue weighted by molar-refractivity contribution is 5.64. The average molecular weight is 232 g/mol. The fourth-order valence-corrected chi connectivity index (χ4v) is 1.84. The summed E-state index contributed by atoms with van der Waals surface area (Å²) in [7, 11) is 0. The number of allylic oxidation sites excluding steroid dienone is 2. The molecule has 1 aromatic carbocycles. The Bertz CT molecular complexity index is 453. The first-order valence-corrected chi connectivity index (χ1v) is 5.94. The lowest BCUT2D eigenvalue weighted by Crippen LogP contribution is -2.17. The Kier molecular flexibility index (Phi) is 3.92. The number of alkyl halides is 1. The van der Waals surface area contributed by atoms with Gasteiger partial charge in [0, 0.05) is 0 Å². The van der Waals surface area contributed by atoms with Gasteiger partial charge in [0.05, 0.1) is 0 Å². The maximum absolute atomic E-state index is 14.5. The summed E-state index contributed by atoms with van der Waals surface area (Å²) in [4.78, 5) is 0. The van der Waals surface area contributed by atoms with Crippen molar-refractivity contribution < 1.29 is 4.39 Å². The predicted octanol–water partition coefficient (Wildman–Crippen LogP) is 5.18. The van der Waals surface area contributed by atoms with E-state index in [1.807, 2.05) is 25.1 Å². The van der Waals surface area contributed by atoms with E-state index in [2.05, 4.69) is 20.1 Å². The van der Waals surface area contributed by atoms with Crippen molar-refractivity contribution in [3.8, 4) is 0 Å². The molecule has 0 aliphatic rings. The molecule has 0 bridgehead atoms. The van der Waals surface area contributed by atoms with E-state index < -0.39 is 5.67 Å². The Hall–Kier alpha value is -1.37. The fraction of sp³-hybridized carbons (Fsp3) is 0.375. The zero-order chi connectivity index (χ0) is 13.2. The zero-order valence-electron chi connectivity index (χ0n) is 11.2. The van der Waals surface area contributed by atoms with Crippen LogP contribution in [0.1, 0.15) is 43.9 Å². The van der Waals surface area contributed by atoms with Crippen LogP contribution in [0.5, 0.6) is 0 Å².